The lowest BCUT2D eigenvalue weighted by molar-refractivity contribution is -0.177. The number of rotatable bonds is 10. The number of nitrogens with zero attached hydrogens (tertiary/aromatic N) is 2. The van der Waals surface area contributed by atoms with E-state index in [-0.39, 0.29) is 41.7 Å². The van der Waals surface area contributed by atoms with Crippen LogP contribution in [-0.2, 0) is 23.9 Å². The molecule has 4 aliphatic carbocycles. The summed E-state index contributed by atoms with van der Waals surface area (Å²) in [6, 6.07) is -1.59. The van der Waals surface area contributed by atoms with Gasteiger partial charge in [0.2, 0.25) is 17.7 Å². The van der Waals surface area contributed by atoms with Gasteiger partial charge in [-0.1, -0.05) is 13.8 Å². The molecule has 2 aliphatic heterocycles. The molecule has 6 aliphatic rings. The number of hydrogen-bond acceptors (Lipinski definition) is 6. The number of amides is 4. The van der Waals surface area contributed by atoms with Crippen LogP contribution in [0, 0.1) is 40.4 Å². The second-order valence-corrected chi connectivity index (χ2v) is 14.1. The molecule has 13 heteroatoms. The Morgan fingerprint density at radius 3 is 2.36 bits per heavy atom. The molecule has 7 atom stereocenters. The number of hydrogen-bond donors (Lipinski definition) is 3. The Labute approximate surface area is 242 Å². The molecule has 3 N–H and O–H groups in total. The minimum atomic E-state index is -5.20. The number of likely N-dealkylation sites (tertiary alicyclic amines) is 1. The molecule has 0 aromatic carbocycles. The van der Waals surface area contributed by atoms with Crippen molar-refractivity contribution in [3.63, 3.8) is 0 Å². The standard InChI is InChI=1S/C29H38F3N5O5/c1-14(42-28(8-9-28)16-4-5-16)20(35-25(41)29(30,31)32)24(40)37-13-18-19(26(18,2)3)21(37)23(39)34-17(12-33)10-15-11-27(6-7-27)36-22(15)38/h14-21H,4-11,13H2,1-3H3,(H,34,39)(H,35,41)(H,36,38)/t14-,15-,17+,18?,19?,20+,21?/m1/s1. The molecule has 4 amide bonds. The third-order valence-corrected chi connectivity index (χ3v) is 10.8. The quantitative estimate of drug-likeness (QED) is 0.354. The van der Waals surface area contributed by atoms with Crippen molar-refractivity contribution in [1.82, 2.24) is 20.9 Å². The number of nitriles is 1. The van der Waals surface area contributed by atoms with Crippen molar-refractivity contribution in [3.8, 4) is 6.07 Å². The molecule has 1 spiro atoms. The van der Waals surface area contributed by atoms with E-state index < -0.39 is 59.6 Å². The first-order valence-corrected chi connectivity index (χ1v) is 15.0. The fourth-order valence-electron chi connectivity index (χ4n) is 7.72. The van der Waals surface area contributed by atoms with Gasteiger partial charge >= 0.3 is 12.1 Å². The molecule has 2 heterocycles. The maximum atomic E-state index is 14.0. The second kappa shape index (κ2) is 9.56. The summed E-state index contributed by atoms with van der Waals surface area (Å²) < 4.78 is 46.1. The normalized spacial score (nSPS) is 33.1. The van der Waals surface area contributed by atoms with Crippen molar-refractivity contribution in [2.45, 2.75) is 114 Å². The number of fused-ring (bicyclic) bond motifs is 1. The van der Waals surface area contributed by atoms with Gasteiger partial charge in [-0.05, 0) is 81.5 Å². The number of piperidine rings is 1. The summed E-state index contributed by atoms with van der Waals surface area (Å²) >= 11 is 0. The predicted molar refractivity (Wildman–Crippen MR) is 140 cm³/mol. The van der Waals surface area contributed by atoms with Gasteiger partial charge in [-0.15, -0.1) is 0 Å². The van der Waals surface area contributed by atoms with E-state index in [2.05, 4.69) is 16.7 Å². The molecule has 4 saturated carbocycles. The van der Waals surface area contributed by atoms with E-state index in [0.29, 0.717) is 12.3 Å². The van der Waals surface area contributed by atoms with E-state index >= 15 is 0 Å². The minimum absolute atomic E-state index is 0.0653. The number of carbonyl (C=O) groups excluding carboxylic acids is 4. The average Bonchev–Trinajstić information content (AvgIpc) is 3.78. The Kier molecular flexibility index (Phi) is 6.65. The monoisotopic (exact) mass is 593 g/mol. The Bertz CT molecular complexity index is 1230. The lowest BCUT2D eigenvalue weighted by Gasteiger charge is -2.36. The molecule has 0 aromatic heterocycles. The summed E-state index contributed by atoms with van der Waals surface area (Å²) in [5.74, 6) is -4.22. The van der Waals surface area contributed by atoms with Crippen LogP contribution < -0.4 is 16.0 Å². The Hall–Kier alpha value is -2.88. The van der Waals surface area contributed by atoms with Crippen LogP contribution in [0.25, 0.3) is 0 Å². The summed E-state index contributed by atoms with van der Waals surface area (Å²) in [6.45, 7) is 5.55. The van der Waals surface area contributed by atoms with Gasteiger partial charge in [0.1, 0.15) is 18.1 Å². The van der Waals surface area contributed by atoms with Crippen LogP contribution in [0.2, 0.25) is 0 Å². The molecule has 6 fully saturated rings. The number of alkyl halides is 3. The van der Waals surface area contributed by atoms with Crippen LogP contribution in [-0.4, -0.2) is 76.6 Å². The second-order valence-electron chi connectivity index (χ2n) is 14.1. The zero-order valence-electron chi connectivity index (χ0n) is 24.1. The molecule has 42 heavy (non-hydrogen) atoms. The van der Waals surface area contributed by atoms with Crippen molar-refractivity contribution < 1.29 is 37.1 Å². The van der Waals surface area contributed by atoms with E-state index in [1.54, 1.807) is 0 Å². The first-order valence-electron chi connectivity index (χ1n) is 15.0. The fourth-order valence-corrected chi connectivity index (χ4v) is 7.72. The highest BCUT2D eigenvalue weighted by Gasteiger charge is 2.70. The number of halogens is 3. The van der Waals surface area contributed by atoms with E-state index in [1.807, 2.05) is 19.2 Å². The maximum Gasteiger partial charge on any atom is 0.471 e. The van der Waals surface area contributed by atoms with Crippen molar-refractivity contribution in [2.75, 3.05) is 6.54 Å². The summed E-state index contributed by atoms with van der Waals surface area (Å²) in [5, 5.41) is 17.4. The van der Waals surface area contributed by atoms with E-state index in [4.69, 9.17) is 4.74 Å². The van der Waals surface area contributed by atoms with Crippen molar-refractivity contribution in [2.24, 2.45) is 29.1 Å². The van der Waals surface area contributed by atoms with Gasteiger partial charge in [-0.2, -0.15) is 18.4 Å². The fraction of sp³-hybridized carbons (Fsp3) is 0.828. The third-order valence-electron chi connectivity index (χ3n) is 10.8. The Morgan fingerprint density at radius 2 is 1.83 bits per heavy atom. The highest BCUT2D eigenvalue weighted by molar-refractivity contribution is 5.95. The van der Waals surface area contributed by atoms with Crippen molar-refractivity contribution in [1.29, 1.82) is 5.26 Å². The summed E-state index contributed by atoms with van der Waals surface area (Å²) in [7, 11) is 0. The van der Waals surface area contributed by atoms with Crippen molar-refractivity contribution >= 4 is 23.6 Å². The molecule has 10 nitrogen and oxygen atoms in total. The van der Waals surface area contributed by atoms with Gasteiger partial charge in [-0.25, -0.2) is 0 Å². The summed E-state index contributed by atoms with van der Waals surface area (Å²) in [4.78, 5) is 53.4. The Morgan fingerprint density at radius 1 is 1.17 bits per heavy atom. The van der Waals surface area contributed by atoms with Crippen LogP contribution in [0.15, 0.2) is 0 Å². The Balaban J connectivity index is 1.19. The highest BCUT2D eigenvalue weighted by atomic mass is 19.4. The zero-order chi connectivity index (χ0) is 30.4. The van der Waals surface area contributed by atoms with Gasteiger partial charge in [0.05, 0.1) is 17.8 Å². The van der Waals surface area contributed by atoms with Gasteiger partial charge < -0.3 is 25.6 Å². The SMILES string of the molecule is C[C@@H](OC1(C2CC2)CC1)[C@H](NC(=O)C(F)(F)F)C(=O)N1CC2C(C1C(=O)N[C@H](C#N)C[C@@H]1CC3(CC3)NC1=O)C2(C)C. The predicted octanol–water partition coefficient (Wildman–Crippen LogP) is 1.93. The largest absolute Gasteiger partial charge is 0.471 e. The van der Waals surface area contributed by atoms with Crippen molar-refractivity contribution in [3.05, 3.63) is 0 Å². The minimum Gasteiger partial charge on any atom is -0.369 e. The topological polar surface area (TPSA) is 141 Å². The van der Waals surface area contributed by atoms with Crippen LogP contribution in [0.1, 0.15) is 72.1 Å². The first kappa shape index (κ1) is 29.2. The van der Waals surface area contributed by atoms with E-state index in [9.17, 15) is 37.6 Å². The molecular weight excluding hydrogens is 555 g/mol. The molecule has 3 unspecified atom stereocenters. The summed E-state index contributed by atoms with van der Waals surface area (Å²) in [6.07, 6.45) is -0.325. The molecule has 0 aromatic rings. The number of nitrogens with one attached hydrogen (secondary N) is 3. The van der Waals surface area contributed by atoms with Crippen LogP contribution in [0.3, 0.4) is 0 Å². The summed E-state index contributed by atoms with van der Waals surface area (Å²) in [5.41, 5.74) is -0.946. The van der Waals surface area contributed by atoms with Gasteiger partial charge in [0.25, 0.3) is 0 Å². The third kappa shape index (κ3) is 5.13. The van der Waals surface area contributed by atoms with Gasteiger partial charge in [0, 0.05) is 18.0 Å². The molecule has 0 bridgehead atoms. The average molecular weight is 594 g/mol. The highest BCUT2D eigenvalue weighted by Crippen LogP contribution is 2.65. The van der Waals surface area contributed by atoms with Gasteiger partial charge in [-0.3, -0.25) is 19.2 Å². The molecule has 6 rings (SSSR count). The molecular formula is C29H38F3N5O5. The van der Waals surface area contributed by atoms with Crippen LogP contribution in [0.5, 0.6) is 0 Å². The number of ether oxygens (including phenoxy) is 1. The zero-order valence-corrected chi connectivity index (χ0v) is 24.1. The molecule has 230 valence electrons. The molecule has 2 saturated heterocycles. The van der Waals surface area contributed by atoms with Crippen LogP contribution in [0.4, 0.5) is 13.2 Å². The van der Waals surface area contributed by atoms with E-state index in [0.717, 1.165) is 38.5 Å². The number of carbonyl (C=O) groups is 4. The lowest BCUT2D eigenvalue weighted by atomic mass is 9.95. The maximum absolute atomic E-state index is 14.0. The van der Waals surface area contributed by atoms with E-state index in [1.165, 1.54) is 11.8 Å². The first-order chi connectivity index (χ1) is 19.6. The molecule has 0 radical (unpaired) electrons. The smallest absolute Gasteiger partial charge is 0.369 e. The van der Waals surface area contributed by atoms with Crippen LogP contribution >= 0.6 is 0 Å². The van der Waals surface area contributed by atoms with Gasteiger partial charge in [0.15, 0.2) is 0 Å². The lowest BCUT2D eigenvalue weighted by Crippen LogP contribution is -2.61.